The van der Waals surface area contributed by atoms with Gasteiger partial charge in [0.25, 0.3) is 0 Å². The van der Waals surface area contributed by atoms with Crippen molar-refractivity contribution in [3.8, 4) is 11.5 Å². The van der Waals surface area contributed by atoms with Crippen molar-refractivity contribution in [3.05, 3.63) is 23.8 Å². The van der Waals surface area contributed by atoms with Crippen molar-refractivity contribution in [1.82, 2.24) is 4.90 Å². The van der Waals surface area contributed by atoms with E-state index in [9.17, 15) is 4.79 Å². The molecule has 116 valence electrons. The van der Waals surface area contributed by atoms with Crippen LogP contribution in [0.15, 0.2) is 18.2 Å². The molecule has 2 rings (SSSR count). The minimum atomic E-state index is -0.169. The first kappa shape index (κ1) is 15.6. The Morgan fingerprint density at radius 2 is 2.05 bits per heavy atom. The molecule has 2 N–H and O–H groups in total. The predicted octanol–water partition coefficient (Wildman–Crippen LogP) is 1.79. The van der Waals surface area contributed by atoms with E-state index in [1.807, 2.05) is 19.1 Å². The molecule has 1 saturated heterocycles. The van der Waals surface area contributed by atoms with E-state index in [4.69, 9.17) is 15.2 Å². The SMILES string of the molecule is CCOc1ccc(CN2CCC(C(N)=O)CC2)cc1OC. The second-order valence-corrected chi connectivity index (χ2v) is 5.37. The van der Waals surface area contributed by atoms with Crippen LogP contribution in [0.25, 0.3) is 0 Å². The zero-order valence-corrected chi connectivity index (χ0v) is 12.8. The van der Waals surface area contributed by atoms with Gasteiger partial charge in [-0.2, -0.15) is 0 Å². The summed E-state index contributed by atoms with van der Waals surface area (Å²) >= 11 is 0. The number of primary amides is 1. The molecule has 0 aliphatic carbocycles. The molecular formula is C16H24N2O3. The number of amides is 1. The van der Waals surface area contributed by atoms with E-state index in [2.05, 4.69) is 11.0 Å². The number of carbonyl (C=O) groups is 1. The third-order valence-electron chi connectivity index (χ3n) is 3.92. The van der Waals surface area contributed by atoms with Crippen LogP contribution >= 0.6 is 0 Å². The number of carbonyl (C=O) groups excluding carboxylic acids is 1. The molecule has 1 aliphatic heterocycles. The third kappa shape index (κ3) is 4.11. The van der Waals surface area contributed by atoms with Crippen molar-refractivity contribution >= 4 is 5.91 Å². The fourth-order valence-corrected chi connectivity index (χ4v) is 2.72. The maximum absolute atomic E-state index is 11.2. The highest BCUT2D eigenvalue weighted by Crippen LogP contribution is 2.29. The van der Waals surface area contributed by atoms with E-state index in [0.29, 0.717) is 6.61 Å². The first-order valence-electron chi connectivity index (χ1n) is 7.45. The normalized spacial score (nSPS) is 16.7. The van der Waals surface area contributed by atoms with Gasteiger partial charge in [-0.25, -0.2) is 0 Å². The molecule has 0 atom stereocenters. The summed E-state index contributed by atoms with van der Waals surface area (Å²) in [5, 5.41) is 0. The Morgan fingerprint density at radius 3 is 2.62 bits per heavy atom. The first-order valence-corrected chi connectivity index (χ1v) is 7.45. The fourth-order valence-electron chi connectivity index (χ4n) is 2.72. The molecule has 1 aromatic rings. The van der Waals surface area contributed by atoms with Crippen molar-refractivity contribution in [2.45, 2.75) is 26.3 Å². The van der Waals surface area contributed by atoms with E-state index < -0.39 is 0 Å². The minimum absolute atomic E-state index is 0.0381. The molecule has 1 aliphatic rings. The molecular weight excluding hydrogens is 268 g/mol. The van der Waals surface area contributed by atoms with E-state index in [0.717, 1.165) is 44.0 Å². The number of hydrogen-bond acceptors (Lipinski definition) is 4. The van der Waals surface area contributed by atoms with Crippen LogP contribution in [0.2, 0.25) is 0 Å². The van der Waals surface area contributed by atoms with Gasteiger partial charge in [-0.3, -0.25) is 9.69 Å². The van der Waals surface area contributed by atoms with E-state index >= 15 is 0 Å². The summed E-state index contributed by atoms with van der Waals surface area (Å²) in [5.41, 5.74) is 6.55. The summed E-state index contributed by atoms with van der Waals surface area (Å²) < 4.78 is 10.9. The van der Waals surface area contributed by atoms with E-state index in [-0.39, 0.29) is 11.8 Å². The second kappa shape index (κ2) is 7.31. The quantitative estimate of drug-likeness (QED) is 0.868. The lowest BCUT2D eigenvalue weighted by atomic mass is 9.96. The lowest BCUT2D eigenvalue weighted by Crippen LogP contribution is -2.38. The molecule has 21 heavy (non-hydrogen) atoms. The Balaban J connectivity index is 1.96. The van der Waals surface area contributed by atoms with Crippen LogP contribution in [-0.2, 0) is 11.3 Å². The summed E-state index contributed by atoms with van der Waals surface area (Å²) in [7, 11) is 1.65. The van der Waals surface area contributed by atoms with Gasteiger partial charge >= 0.3 is 0 Å². The van der Waals surface area contributed by atoms with Gasteiger partial charge < -0.3 is 15.2 Å². The van der Waals surface area contributed by atoms with E-state index in [1.54, 1.807) is 7.11 Å². The van der Waals surface area contributed by atoms with Gasteiger partial charge in [0.05, 0.1) is 13.7 Å². The number of hydrogen-bond donors (Lipinski definition) is 1. The number of rotatable bonds is 6. The number of ether oxygens (including phenoxy) is 2. The lowest BCUT2D eigenvalue weighted by Gasteiger charge is -2.30. The first-order chi connectivity index (χ1) is 10.1. The molecule has 0 aromatic heterocycles. The molecule has 1 heterocycles. The van der Waals surface area contributed by atoms with Crippen LogP contribution < -0.4 is 15.2 Å². The molecule has 0 bridgehead atoms. The van der Waals surface area contributed by atoms with Crippen LogP contribution in [0.1, 0.15) is 25.3 Å². The molecule has 1 fully saturated rings. The van der Waals surface area contributed by atoms with Gasteiger partial charge in [0.2, 0.25) is 5.91 Å². The van der Waals surface area contributed by atoms with Crippen LogP contribution in [0.4, 0.5) is 0 Å². The maximum atomic E-state index is 11.2. The van der Waals surface area contributed by atoms with Crippen molar-refractivity contribution in [3.63, 3.8) is 0 Å². The van der Waals surface area contributed by atoms with Crippen LogP contribution in [0.5, 0.6) is 11.5 Å². The van der Waals surface area contributed by atoms with Gasteiger partial charge in [0.1, 0.15) is 0 Å². The smallest absolute Gasteiger partial charge is 0.220 e. The molecule has 5 heteroatoms. The highest BCUT2D eigenvalue weighted by atomic mass is 16.5. The Morgan fingerprint density at radius 1 is 1.33 bits per heavy atom. The molecule has 5 nitrogen and oxygen atoms in total. The zero-order valence-electron chi connectivity index (χ0n) is 12.8. The van der Waals surface area contributed by atoms with Crippen LogP contribution in [0.3, 0.4) is 0 Å². The van der Waals surface area contributed by atoms with Gasteiger partial charge in [-0.15, -0.1) is 0 Å². The summed E-state index contributed by atoms with van der Waals surface area (Å²) in [4.78, 5) is 13.5. The lowest BCUT2D eigenvalue weighted by molar-refractivity contribution is -0.123. The Kier molecular flexibility index (Phi) is 5.44. The topological polar surface area (TPSA) is 64.8 Å². The van der Waals surface area contributed by atoms with Crippen molar-refractivity contribution in [2.24, 2.45) is 11.7 Å². The number of methoxy groups -OCH3 is 1. The van der Waals surface area contributed by atoms with Crippen LogP contribution in [-0.4, -0.2) is 37.6 Å². The van der Waals surface area contributed by atoms with E-state index in [1.165, 1.54) is 5.56 Å². The summed E-state index contributed by atoms with van der Waals surface area (Å²) in [5.74, 6) is 1.41. The maximum Gasteiger partial charge on any atom is 0.220 e. The number of piperidine rings is 1. The largest absolute Gasteiger partial charge is 0.493 e. The Hall–Kier alpha value is -1.75. The zero-order chi connectivity index (χ0) is 15.2. The molecule has 1 amide bonds. The van der Waals surface area contributed by atoms with Gasteiger partial charge in [-0.1, -0.05) is 6.07 Å². The second-order valence-electron chi connectivity index (χ2n) is 5.37. The number of nitrogens with zero attached hydrogens (tertiary/aromatic N) is 1. The molecule has 0 unspecified atom stereocenters. The molecule has 0 spiro atoms. The summed E-state index contributed by atoms with van der Waals surface area (Å²) in [6.45, 7) is 5.24. The summed E-state index contributed by atoms with van der Waals surface area (Å²) in [6.07, 6.45) is 1.70. The Labute approximate surface area is 126 Å². The molecule has 0 radical (unpaired) electrons. The van der Waals surface area contributed by atoms with Crippen molar-refractivity contribution < 1.29 is 14.3 Å². The standard InChI is InChI=1S/C16H24N2O3/c1-3-21-14-5-4-12(10-15(14)20-2)11-18-8-6-13(7-9-18)16(17)19/h4-5,10,13H,3,6-9,11H2,1-2H3,(H2,17,19). The third-order valence-corrected chi connectivity index (χ3v) is 3.92. The van der Waals surface area contributed by atoms with Gasteiger partial charge in [0.15, 0.2) is 11.5 Å². The average molecular weight is 292 g/mol. The minimum Gasteiger partial charge on any atom is -0.493 e. The van der Waals surface area contributed by atoms with Gasteiger partial charge in [0, 0.05) is 12.5 Å². The van der Waals surface area contributed by atoms with Crippen molar-refractivity contribution in [2.75, 3.05) is 26.8 Å². The van der Waals surface area contributed by atoms with Gasteiger partial charge in [-0.05, 0) is 50.6 Å². The number of benzene rings is 1. The molecule has 0 saturated carbocycles. The number of likely N-dealkylation sites (tertiary alicyclic amines) is 1. The summed E-state index contributed by atoms with van der Waals surface area (Å²) in [6, 6.07) is 6.03. The predicted molar refractivity (Wildman–Crippen MR) is 81.4 cm³/mol. The monoisotopic (exact) mass is 292 g/mol. The number of nitrogens with two attached hydrogens (primary N) is 1. The van der Waals surface area contributed by atoms with Crippen molar-refractivity contribution in [1.29, 1.82) is 0 Å². The Bertz CT molecular complexity index is 482. The average Bonchev–Trinajstić information content (AvgIpc) is 2.49. The highest BCUT2D eigenvalue weighted by Gasteiger charge is 2.23. The van der Waals surface area contributed by atoms with Crippen LogP contribution in [0, 0.1) is 5.92 Å². The fraction of sp³-hybridized carbons (Fsp3) is 0.562. The highest BCUT2D eigenvalue weighted by molar-refractivity contribution is 5.76. The molecule has 1 aromatic carbocycles.